The molecule has 1 aliphatic heterocycles. The summed E-state index contributed by atoms with van der Waals surface area (Å²) in [5.41, 5.74) is 2.68. The molecule has 0 saturated carbocycles. The number of nitrogens with zero attached hydrogens (tertiary/aromatic N) is 3. The van der Waals surface area contributed by atoms with E-state index in [1.165, 1.54) is 0 Å². The van der Waals surface area contributed by atoms with E-state index >= 15 is 0 Å². The first-order valence-electron chi connectivity index (χ1n) is 9.22. The monoisotopic (exact) mass is 381 g/mol. The highest BCUT2D eigenvalue weighted by atomic mass is 32.2. The minimum atomic E-state index is -1.04. The van der Waals surface area contributed by atoms with Gasteiger partial charge in [0, 0.05) is 41.1 Å². The van der Waals surface area contributed by atoms with Crippen LogP contribution in [0.5, 0.6) is 0 Å². The van der Waals surface area contributed by atoms with Crippen LogP contribution < -0.4 is 0 Å². The van der Waals surface area contributed by atoms with Crippen molar-refractivity contribution >= 4 is 27.7 Å². The minimum absolute atomic E-state index is 0.0141. The van der Waals surface area contributed by atoms with Crippen molar-refractivity contribution in [3.05, 3.63) is 59.9 Å². The normalized spacial score (nSPS) is 18.6. The van der Waals surface area contributed by atoms with E-state index in [1.807, 2.05) is 30.1 Å². The summed E-state index contributed by atoms with van der Waals surface area (Å²) >= 11 is 0. The third-order valence-electron chi connectivity index (χ3n) is 5.32. The third kappa shape index (κ3) is 3.30. The van der Waals surface area contributed by atoms with Crippen LogP contribution in [0.4, 0.5) is 0 Å². The number of rotatable bonds is 3. The lowest BCUT2D eigenvalue weighted by Gasteiger charge is -2.35. The Hall–Kier alpha value is -2.47. The number of imidazole rings is 1. The number of aryl methyl sites for hydroxylation is 1. The maximum atomic E-state index is 13.2. The summed E-state index contributed by atoms with van der Waals surface area (Å²) in [7, 11) is 0.979. The molecule has 27 heavy (non-hydrogen) atoms. The van der Waals surface area contributed by atoms with Crippen molar-refractivity contribution in [2.75, 3.05) is 12.8 Å². The number of benzene rings is 2. The Balaban J connectivity index is 1.68. The lowest BCUT2D eigenvalue weighted by atomic mass is 10.00. The van der Waals surface area contributed by atoms with Crippen LogP contribution in [0.15, 0.2) is 53.4 Å². The molecule has 0 spiro atoms. The van der Waals surface area contributed by atoms with Gasteiger partial charge in [0.05, 0.1) is 17.1 Å². The van der Waals surface area contributed by atoms with Gasteiger partial charge in [-0.2, -0.15) is 0 Å². The van der Waals surface area contributed by atoms with E-state index in [0.717, 1.165) is 47.6 Å². The highest BCUT2D eigenvalue weighted by molar-refractivity contribution is 7.84. The summed E-state index contributed by atoms with van der Waals surface area (Å²) in [5, 5.41) is 0. The van der Waals surface area contributed by atoms with Crippen LogP contribution >= 0.6 is 0 Å². The number of carbonyl (C=O) groups excluding carboxylic acids is 1. The zero-order chi connectivity index (χ0) is 19.0. The maximum absolute atomic E-state index is 13.2. The van der Waals surface area contributed by atoms with Crippen molar-refractivity contribution in [1.82, 2.24) is 14.5 Å². The lowest BCUT2D eigenvalue weighted by molar-refractivity contribution is 0.0597. The molecule has 2 aromatic carbocycles. The van der Waals surface area contributed by atoms with Gasteiger partial charge in [-0.3, -0.25) is 9.00 Å². The van der Waals surface area contributed by atoms with Gasteiger partial charge in [0.15, 0.2) is 0 Å². The molecule has 1 amide bonds. The first kappa shape index (κ1) is 17.9. The van der Waals surface area contributed by atoms with Gasteiger partial charge >= 0.3 is 0 Å². The zero-order valence-electron chi connectivity index (χ0n) is 15.6. The van der Waals surface area contributed by atoms with Crippen molar-refractivity contribution in [2.45, 2.75) is 30.2 Å². The number of fused-ring (bicyclic) bond motifs is 1. The highest BCUT2D eigenvalue weighted by Gasteiger charge is 2.31. The van der Waals surface area contributed by atoms with Crippen LogP contribution in [0, 0.1) is 0 Å². The molecule has 0 bridgehead atoms. The molecule has 2 atom stereocenters. The molecule has 140 valence electrons. The Labute approximate surface area is 161 Å². The standard InChI is InChI=1S/C21H23N3O2S/c1-23-18-8-4-3-7-17(18)22-20(23)19-9-5-6-14-24(19)21(25)15-10-12-16(13-11-15)27(2)26/h3-4,7-8,10-13,19H,5-6,9,14H2,1-2H3/t19-,27+/m0/s1. The average molecular weight is 382 g/mol. The van der Waals surface area contributed by atoms with Gasteiger partial charge in [0.2, 0.25) is 0 Å². The van der Waals surface area contributed by atoms with Crippen molar-refractivity contribution in [3.8, 4) is 0 Å². The van der Waals surface area contributed by atoms with Crippen LogP contribution in [0.3, 0.4) is 0 Å². The fraction of sp³-hybridized carbons (Fsp3) is 0.333. The molecule has 0 N–H and O–H groups in total. The smallest absolute Gasteiger partial charge is 0.254 e. The van der Waals surface area contributed by atoms with Crippen LogP contribution in [-0.2, 0) is 17.8 Å². The predicted molar refractivity (Wildman–Crippen MR) is 107 cm³/mol. The maximum Gasteiger partial charge on any atom is 0.254 e. The molecule has 1 saturated heterocycles. The van der Waals surface area contributed by atoms with Crippen molar-refractivity contribution in [3.63, 3.8) is 0 Å². The number of hydrogen-bond acceptors (Lipinski definition) is 3. The third-order valence-corrected chi connectivity index (χ3v) is 6.25. The second-order valence-corrected chi connectivity index (χ2v) is 8.39. The van der Waals surface area contributed by atoms with Crippen LogP contribution in [-0.4, -0.2) is 37.4 Å². The number of carbonyl (C=O) groups is 1. The summed E-state index contributed by atoms with van der Waals surface area (Å²) < 4.78 is 13.7. The second kappa shape index (κ2) is 7.27. The second-order valence-electron chi connectivity index (χ2n) is 7.01. The van der Waals surface area contributed by atoms with E-state index in [4.69, 9.17) is 4.98 Å². The predicted octanol–water partition coefficient (Wildman–Crippen LogP) is 3.68. The summed E-state index contributed by atoms with van der Waals surface area (Å²) in [6, 6.07) is 15.2. The number of piperidine rings is 1. The Morgan fingerprint density at radius 1 is 1.11 bits per heavy atom. The number of hydrogen-bond donors (Lipinski definition) is 0. The van der Waals surface area contributed by atoms with E-state index < -0.39 is 10.8 Å². The van der Waals surface area contributed by atoms with Gasteiger partial charge in [0.1, 0.15) is 5.82 Å². The van der Waals surface area contributed by atoms with Crippen LogP contribution in [0.25, 0.3) is 11.0 Å². The topological polar surface area (TPSA) is 55.2 Å². The summed E-state index contributed by atoms with van der Waals surface area (Å²) in [4.78, 5) is 20.7. The molecule has 4 rings (SSSR count). The molecule has 1 aliphatic rings. The van der Waals surface area contributed by atoms with E-state index in [2.05, 4.69) is 10.6 Å². The molecule has 0 radical (unpaired) electrons. The van der Waals surface area contributed by atoms with Gasteiger partial charge in [-0.15, -0.1) is 0 Å². The molecule has 1 aromatic heterocycles. The molecule has 2 heterocycles. The summed E-state index contributed by atoms with van der Waals surface area (Å²) in [6.45, 7) is 0.730. The molecule has 0 aliphatic carbocycles. The van der Waals surface area contributed by atoms with Gasteiger partial charge in [-0.05, 0) is 55.7 Å². The molecule has 0 unspecified atom stereocenters. The van der Waals surface area contributed by atoms with Crippen molar-refractivity contribution in [2.24, 2.45) is 7.05 Å². The van der Waals surface area contributed by atoms with Gasteiger partial charge in [0.25, 0.3) is 5.91 Å². The van der Waals surface area contributed by atoms with Gasteiger partial charge in [-0.1, -0.05) is 12.1 Å². The van der Waals surface area contributed by atoms with E-state index in [-0.39, 0.29) is 11.9 Å². The van der Waals surface area contributed by atoms with Crippen LogP contribution in [0.2, 0.25) is 0 Å². The van der Waals surface area contributed by atoms with Crippen LogP contribution in [0.1, 0.15) is 41.5 Å². The zero-order valence-corrected chi connectivity index (χ0v) is 16.4. The van der Waals surface area contributed by atoms with Crippen molar-refractivity contribution < 1.29 is 9.00 Å². The fourth-order valence-corrected chi connectivity index (χ4v) is 4.38. The minimum Gasteiger partial charge on any atom is -0.329 e. The van der Waals surface area contributed by atoms with E-state index in [1.54, 1.807) is 30.5 Å². The Bertz CT molecular complexity index is 1010. The Morgan fingerprint density at radius 2 is 1.85 bits per heavy atom. The average Bonchev–Trinajstić information content (AvgIpc) is 3.04. The number of likely N-dealkylation sites (tertiary alicyclic amines) is 1. The largest absolute Gasteiger partial charge is 0.329 e. The first-order valence-corrected chi connectivity index (χ1v) is 10.8. The highest BCUT2D eigenvalue weighted by Crippen LogP contribution is 2.33. The molecular formula is C21H23N3O2S. The fourth-order valence-electron chi connectivity index (χ4n) is 3.86. The van der Waals surface area contributed by atoms with Gasteiger partial charge in [-0.25, -0.2) is 4.98 Å². The lowest BCUT2D eigenvalue weighted by Crippen LogP contribution is -2.39. The Morgan fingerprint density at radius 3 is 2.56 bits per heavy atom. The van der Waals surface area contributed by atoms with E-state index in [9.17, 15) is 9.00 Å². The summed E-state index contributed by atoms with van der Waals surface area (Å²) in [5.74, 6) is 0.954. The Kier molecular flexibility index (Phi) is 4.83. The first-order chi connectivity index (χ1) is 13.1. The molecular weight excluding hydrogens is 358 g/mol. The molecule has 5 nitrogen and oxygen atoms in total. The molecule has 6 heteroatoms. The molecule has 3 aromatic rings. The SMILES string of the molecule is Cn1c([C@@H]2CCCCN2C(=O)c2ccc([S@@](C)=O)cc2)nc2ccccc21. The van der Waals surface area contributed by atoms with Crippen molar-refractivity contribution in [1.29, 1.82) is 0 Å². The quantitative estimate of drug-likeness (QED) is 0.695. The number of para-hydroxylation sites is 2. The van der Waals surface area contributed by atoms with Gasteiger partial charge < -0.3 is 9.47 Å². The number of aromatic nitrogens is 2. The number of amides is 1. The summed E-state index contributed by atoms with van der Waals surface area (Å²) in [6.07, 6.45) is 4.65. The van der Waals surface area contributed by atoms with E-state index in [0.29, 0.717) is 5.56 Å². The molecule has 1 fully saturated rings.